The molecule has 136 valence electrons. The van der Waals surface area contributed by atoms with Crippen molar-refractivity contribution in [3.05, 3.63) is 78.4 Å². The van der Waals surface area contributed by atoms with Crippen molar-refractivity contribution in [3.63, 3.8) is 0 Å². The second-order valence-corrected chi connectivity index (χ2v) is 6.18. The van der Waals surface area contributed by atoms with Crippen molar-refractivity contribution in [2.75, 3.05) is 11.9 Å². The molecular formula is C22H20N2O2S. The van der Waals surface area contributed by atoms with E-state index in [0.29, 0.717) is 18.0 Å². The van der Waals surface area contributed by atoms with Crippen molar-refractivity contribution in [1.29, 1.82) is 0 Å². The molecule has 0 heterocycles. The molecule has 2 N–H and O–H groups in total. The predicted octanol–water partition coefficient (Wildman–Crippen LogP) is 4.76. The topological polar surface area (TPSA) is 50.4 Å². The molecular weight excluding hydrogens is 356 g/mol. The zero-order valence-electron chi connectivity index (χ0n) is 14.9. The summed E-state index contributed by atoms with van der Waals surface area (Å²) in [5.41, 5.74) is 1.69. The van der Waals surface area contributed by atoms with E-state index >= 15 is 0 Å². The van der Waals surface area contributed by atoms with Gasteiger partial charge in [-0.15, -0.1) is 0 Å². The van der Waals surface area contributed by atoms with Crippen molar-refractivity contribution in [2.24, 2.45) is 0 Å². The van der Waals surface area contributed by atoms with Crippen LogP contribution in [-0.2, 0) is 4.79 Å². The summed E-state index contributed by atoms with van der Waals surface area (Å²) in [6.45, 7) is 2.46. The Morgan fingerprint density at radius 3 is 2.63 bits per heavy atom. The Balaban J connectivity index is 1.65. The van der Waals surface area contributed by atoms with E-state index < -0.39 is 0 Å². The molecule has 5 heteroatoms. The molecule has 27 heavy (non-hydrogen) atoms. The third-order valence-electron chi connectivity index (χ3n) is 3.91. The van der Waals surface area contributed by atoms with E-state index in [1.165, 1.54) is 6.08 Å². The molecule has 3 aromatic rings. The van der Waals surface area contributed by atoms with Crippen LogP contribution in [0.15, 0.2) is 72.8 Å². The number of hydrogen-bond donors (Lipinski definition) is 2. The first-order valence-electron chi connectivity index (χ1n) is 8.67. The first kappa shape index (κ1) is 18.6. The highest BCUT2D eigenvalue weighted by molar-refractivity contribution is 7.80. The molecule has 4 nitrogen and oxygen atoms in total. The molecule has 0 aliphatic heterocycles. The van der Waals surface area contributed by atoms with Crippen LogP contribution >= 0.6 is 12.2 Å². The fraction of sp³-hybridized carbons (Fsp3) is 0.0909. The number of anilines is 1. The van der Waals surface area contributed by atoms with Crippen LogP contribution in [0.2, 0.25) is 0 Å². The monoisotopic (exact) mass is 376 g/mol. The minimum absolute atomic E-state index is 0.217. The van der Waals surface area contributed by atoms with Gasteiger partial charge in [-0.05, 0) is 53.7 Å². The van der Waals surface area contributed by atoms with Crippen LogP contribution in [0, 0.1) is 0 Å². The number of rotatable bonds is 5. The lowest BCUT2D eigenvalue weighted by Gasteiger charge is -2.12. The predicted molar refractivity (Wildman–Crippen MR) is 115 cm³/mol. The molecule has 0 aliphatic rings. The maximum atomic E-state index is 12.2. The Labute approximate surface area is 163 Å². The number of hydrogen-bond acceptors (Lipinski definition) is 3. The molecule has 0 aliphatic carbocycles. The third-order valence-corrected chi connectivity index (χ3v) is 4.11. The van der Waals surface area contributed by atoms with Gasteiger partial charge >= 0.3 is 0 Å². The number of thiocarbonyl (C=S) groups is 1. The molecule has 0 bridgehead atoms. The number of fused-ring (bicyclic) bond motifs is 1. The second kappa shape index (κ2) is 8.96. The third kappa shape index (κ3) is 4.92. The fourth-order valence-corrected chi connectivity index (χ4v) is 2.93. The zero-order chi connectivity index (χ0) is 19.1. The Hall–Kier alpha value is -3.18. The molecule has 0 unspecified atom stereocenters. The Morgan fingerprint density at radius 2 is 1.78 bits per heavy atom. The van der Waals surface area contributed by atoms with E-state index in [0.717, 1.165) is 16.3 Å². The summed E-state index contributed by atoms with van der Waals surface area (Å²) in [5.74, 6) is 0.386. The van der Waals surface area contributed by atoms with Crippen LogP contribution in [0.4, 0.5) is 5.69 Å². The molecule has 0 radical (unpaired) electrons. The average molecular weight is 376 g/mol. The highest BCUT2D eigenvalue weighted by atomic mass is 32.1. The number of nitrogens with one attached hydrogen (secondary N) is 2. The minimum Gasteiger partial charge on any atom is -0.492 e. The molecule has 0 saturated heterocycles. The van der Waals surface area contributed by atoms with Gasteiger partial charge in [0.25, 0.3) is 0 Å². The summed E-state index contributed by atoms with van der Waals surface area (Å²) >= 11 is 5.23. The van der Waals surface area contributed by atoms with E-state index in [1.54, 1.807) is 6.08 Å². The Morgan fingerprint density at radius 1 is 1.04 bits per heavy atom. The first-order chi connectivity index (χ1) is 13.2. The van der Waals surface area contributed by atoms with E-state index in [9.17, 15) is 4.79 Å². The number of para-hydroxylation sites is 2. The highest BCUT2D eigenvalue weighted by Crippen LogP contribution is 2.23. The summed E-state index contributed by atoms with van der Waals surface area (Å²) in [7, 11) is 0. The van der Waals surface area contributed by atoms with Crippen molar-refractivity contribution >= 4 is 45.8 Å². The lowest BCUT2D eigenvalue weighted by atomic mass is 10.0. The van der Waals surface area contributed by atoms with Crippen molar-refractivity contribution in [3.8, 4) is 5.75 Å². The summed E-state index contributed by atoms with van der Waals surface area (Å²) in [6, 6.07) is 21.5. The van der Waals surface area contributed by atoms with Crippen LogP contribution in [0.1, 0.15) is 12.5 Å². The summed E-state index contributed by atoms with van der Waals surface area (Å²) in [6.07, 6.45) is 3.26. The summed E-state index contributed by atoms with van der Waals surface area (Å²) < 4.78 is 5.54. The standard InChI is InChI=1S/C22H20N2O2S/c1-2-26-20-13-6-5-12-19(20)23-22(27)24-21(25)15-14-17-10-7-9-16-8-3-4-11-18(16)17/h3-15H,2H2,1H3,(H2,23,24,25,27). The van der Waals surface area contributed by atoms with Gasteiger partial charge in [0.05, 0.1) is 12.3 Å². The number of benzene rings is 3. The molecule has 0 fully saturated rings. The van der Waals surface area contributed by atoms with Gasteiger partial charge in [0, 0.05) is 6.08 Å². The molecule has 0 atom stereocenters. The Bertz CT molecular complexity index is 993. The quantitative estimate of drug-likeness (QED) is 0.498. The number of amides is 1. The van der Waals surface area contributed by atoms with Gasteiger partial charge in [0.2, 0.25) is 5.91 Å². The smallest absolute Gasteiger partial charge is 0.250 e. The zero-order valence-corrected chi connectivity index (χ0v) is 15.8. The summed E-state index contributed by atoms with van der Waals surface area (Å²) in [5, 5.41) is 8.09. The molecule has 0 spiro atoms. The van der Waals surface area contributed by atoms with E-state index in [4.69, 9.17) is 17.0 Å². The average Bonchev–Trinajstić information content (AvgIpc) is 2.68. The largest absolute Gasteiger partial charge is 0.492 e. The van der Waals surface area contributed by atoms with Crippen LogP contribution in [0.3, 0.4) is 0 Å². The van der Waals surface area contributed by atoms with Crippen molar-refractivity contribution in [2.45, 2.75) is 6.92 Å². The van der Waals surface area contributed by atoms with Crippen molar-refractivity contribution < 1.29 is 9.53 Å². The van der Waals surface area contributed by atoms with Gasteiger partial charge in [0.15, 0.2) is 5.11 Å². The van der Waals surface area contributed by atoms with Gasteiger partial charge < -0.3 is 10.1 Å². The summed E-state index contributed by atoms with van der Waals surface area (Å²) in [4.78, 5) is 12.2. The van der Waals surface area contributed by atoms with Crippen LogP contribution < -0.4 is 15.4 Å². The molecule has 3 aromatic carbocycles. The van der Waals surface area contributed by atoms with Crippen LogP contribution in [-0.4, -0.2) is 17.6 Å². The maximum Gasteiger partial charge on any atom is 0.250 e. The van der Waals surface area contributed by atoms with E-state index in [1.807, 2.05) is 73.7 Å². The molecule has 0 aromatic heterocycles. The van der Waals surface area contributed by atoms with Crippen LogP contribution in [0.5, 0.6) is 5.75 Å². The second-order valence-electron chi connectivity index (χ2n) is 5.77. The highest BCUT2D eigenvalue weighted by Gasteiger charge is 2.06. The van der Waals surface area contributed by atoms with E-state index in [2.05, 4.69) is 10.6 Å². The lowest BCUT2D eigenvalue weighted by molar-refractivity contribution is -0.115. The van der Waals surface area contributed by atoms with Crippen molar-refractivity contribution in [1.82, 2.24) is 5.32 Å². The SMILES string of the molecule is CCOc1ccccc1NC(=S)NC(=O)C=Cc1cccc2ccccc12. The normalized spacial score (nSPS) is 10.7. The lowest BCUT2D eigenvalue weighted by Crippen LogP contribution is -2.32. The number of carbonyl (C=O) groups excluding carboxylic acids is 1. The minimum atomic E-state index is -0.297. The first-order valence-corrected chi connectivity index (χ1v) is 9.08. The molecule has 3 rings (SSSR count). The number of ether oxygens (including phenoxy) is 1. The van der Waals surface area contributed by atoms with Gasteiger partial charge in [-0.1, -0.05) is 54.6 Å². The maximum absolute atomic E-state index is 12.2. The van der Waals surface area contributed by atoms with Gasteiger partial charge in [0.1, 0.15) is 5.75 Å². The van der Waals surface area contributed by atoms with Gasteiger partial charge in [-0.25, -0.2) is 0 Å². The molecule has 1 amide bonds. The molecule has 0 saturated carbocycles. The van der Waals surface area contributed by atoms with Crippen LogP contribution in [0.25, 0.3) is 16.8 Å². The van der Waals surface area contributed by atoms with Gasteiger partial charge in [-0.2, -0.15) is 0 Å². The number of carbonyl (C=O) groups is 1. The fourth-order valence-electron chi connectivity index (χ4n) is 2.72. The Kier molecular flexibility index (Phi) is 6.18. The van der Waals surface area contributed by atoms with E-state index in [-0.39, 0.29) is 11.0 Å². The van der Waals surface area contributed by atoms with Gasteiger partial charge in [-0.3, -0.25) is 10.1 Å².